The molecule has 2 N–H and O–H groups in total. The molecule has 1 aromatic heterocycles. The van der Waals surface area contributed by atoms with Crippen molar-refractivity contribution in [3.05, 3.63) is 83.6 Å². The fourth-order valence-corrected chi connectivity index (χ4v) is 2.34. The van der Waals surface area contributed by atoms with Gasteiger partial charge in [-0.2, -0.15) is 0 Å². The fraction of sp³-hybridized carbons (Fsp3) is 0.0500. The monoisotopic (exact) mass is 381 g/mol. The minimum absolute atomic E-state index is 0.124. The quantitative estimate of drug-likeness (QED) is 0.676. The van der Waals surface area contributed by atoms with Crippen LogP contribution in [-0.2, 0) is 4.79 Å². The number of nitrogens with zero attached hydrogens (tertiary/aromatic N) is 1. The van der Waals surface area contributed by atoms with E-state index in [0.717, 1.165) is 0 Å². The second-order valence-corrected chi connectivity index (χ2v) is 6.00. The van der Waals surface area contributed by atoms with Gasteiger partial charge in [-0.25, -0.2) is 0 Å². The Bertz CT molecular complexity index is 913. The molecule has 0 saturated heterocycles. The lowest BCUT2D eigenvalue weighted by Gasteiger charge is -2.09. The van der Waals surface area contributed by atoms with E-state index in [4.69, 9.17) is 16.3 Å². The first-order valence-electron chi connectivity index (χ1n) is 8.10. The number of carbonyl (C=O) groups is 2. The Morgan fingerprint density at radius 2 is 1.59 bits per heavy atom. The topological polar surface area (TPSA) is 80.3 Å². The van der Waals surface area contributed by atoms with Gasteiger partial charge < -0.3 is 15.4 Å². The zero-order valence-corrected chi connectivity index (χ0v) is 14.9. The van der Waals surface area contributed by atoms with Gasteiger partial charge in [-0.1, -0.05) is 11.6 Å². The Morgan fingerprint density at radius 3 is 2.22 bits per heavy atom. The number of halogens is 1. The van der Waals surface area contributed by atoms with Gasteiger partial charge >= 0.3 is 0 Å². The maximum atomic E-state index is 12.1. The van der Waals surface area contributed by atoms with Crippen molar-refractivity contribution >= 4 is 34.8 Å². The van der Waals surface area contributed by atoms with Crippen molar-refractivity contribution < 1.29 is 14.3 Å². The summed E-state index contributed by atoms with van der Waals surface area (Å²) in [6, 6.07) is 16.9. The van der Waals surface area contributed by atoms with E-state index in [1.807, 2.05) is 0 Å². The molecule has 3 rings (SSSR count). The van der Waals surface area contributed by atoms with E-state index < -0.39 is 0 Å². The summed E-state index contributed by atoms with van der Waals surface area (Å²) in [5, 5.41) is 6.09. The van der Waals surface area contributed by atoms with Crippen LogP contribution in [0.15, 0.2) is 73.1 Å². The van der Waals surface area contributed by atoms with Crippen LogP contribution < -0.4 is 15.4 Å². The van der Waals surface area contributed by atoms with E-state index in [-0.39, 0.29) is 18.4 Å². The zero-order valence-electron chi connectivity index (χ0n) is 14.2. The Kier molecular flexibility index (Phi) is 6.02. The van der Waals surface area contributed by atoms with E-state index in [0.29, 0.717) is 27.7 Å². The molecule has 136 valence electrons. The minimum Gasteiger partial charge on any atom is -0.484 e. The SMILES string of the molecule is O=C(COc1ccc(Cl)cc1)Nc1ccc(NC(=O)c2cccnc2)cc1. The Morgan fingerprint density at radius 1 is 0.926 bits per heavy atom. The van der Waals surface area contributed by atoms with E-state index in [1.165, 1.54) is 6.20 Å². The molecule has 0 radical (unpaired) electrons. The highest BCUT2D eigenvalue weighted by atomic mass is 35.5. The molecule has 0 unspecified atom stereocenters. The molecule has 0 spiro atoms. The summed E-state index contributed by atoms with van der Waals surface area (Å²) in [6.45, 7) is -0.124. The number of pyridine rings is 1. The summed E-state index contributed by atoms with van der Waals surface area (Å²) in [5.41, 5.74) is 1.67. The number of hydrogen-bond donors (Lipinski definition) is 2. The van der Waals surface area contributed by atoms with E-state index in [2.05, 4.69) is 15.6 Å². The first kappa shape index (κ1) is 18.4. The number of benzene rings is 2. The van der Waals surface area contributed by atoms with E-state index in [1.54, 1.807) is 66.9 Å². The number of carbonyl (C=O) groups excluding carboxylic acids is 2. The largest absolute Gasteiger partial charge is 0.484 e. The first-order chi connectivity index (χ1) is 13.1. The lowest BCUT2D eigenvalue weighted by atomic mass is 10.2. The number of hydrogen-bond acceptors (Lipinski definition) is 4. The average Bonchev–Trinajstić information content (AvgIpc) is 2.70. The normalized spacial score (nSPS) is 10.1. The second-order valence-electron chi connectivity index (χ2n) is 5.56. The zero-order chi connectivity index (χ0) is 19.1. The molecule has 6 nitrogen and oxygen atoms in total. The lowest BCUT2D eigenvalue weighted by molar-refractivity contribution is -0.118. The highest BCUT2D eigenvalue weighted by molar-refractivity contribution is 6.30. The van der Waals surface area contributed by atoms with Crippen LogP contribution in [0.5, 0.6) is 5.75 Å². The van der Waals surface area contributed by atoms with Crippen molar-refractivity contribution in [1.29, 1.82) is 0 Å². The third-order valence-electron chi connectivity index (χ3n) is 3.53. The van der Waals surface area contributed by atoms with Crippen LogP contribution in [0.1, 0.15) is 10.4 Å². The summed E-state index contributed by atoms with van der Waals surface area (Å²) in [7, 11) is 0. The van der Waals surface area contributed by atoms with Crippen LogP contribution in [0.2, 0.25) is 5.02 Å². The summed E-state index contributed by atoms with van der Waals surface area (Å²) in [5.74, 6) is 0.0105. The van der Waals surface area contributed by atoms with Gasteiger partial charge in [0.15, 0.2) is 6.61 Å². The number of nitrogens with one attached hydrogen (secondary N) is 2. The number of anilines is 2. The van der Waals surface area contributed by atoms with Crippen LogP contribution in [-0.4, -0.2) is 23.4 Å². The minimum atomic E-state index is -0.294. The number of amides is 2. The number of ether oxygens (including phenoxy) is 1. The van der Waals surface area contributed by atoms with Crippen molar-refractivity contribution in [3.8, 4) is 5.75 Å². The van der Waals surface area contributed by atoms with Crippen molar-refractivity contribution in [2.45, 2.75) is 0 Å². The maximum absolute atomic E-state index is 12.1. The molecule has 0 bridgehead atoms. The van der Waals surface area contributed by atoms with Crippen molar-refractivity contribution in [1.82, 2.24) is 4.98 Å². The third-order valence-corrected chi connectivity index (χ3v) is 3.79. The number of rotatable bonds is 6. The molecule has 7 heteroatoms. The van der Waals surface area contributed by atoms with Crippen LogP contribution in [0.3, 0.4) is 0 Å². The van der Waals surface area contributed by atoms with Gasteiger partial charge in [-0.15, -0.1) is 0 Å². The smallest absolute Gasteiger partial charge is 0.262 e. The highest BCUT2D eigenvalue weighted by Gasteiger charge is 2.07. The summed E-state index contributed by atoms with van der Waals surface area (Å²) in [6.07, 6.45) is 3.09. The molecule has 3 aromatic rings. The molecule has 0 aliphatic carbocycles. The predicted octanol–water partition coefficient (Wildman–Crippen LogP) is 4.00. The van der Waals surface area contributed by atoms with Crippen LogP contribution in [0.25, 0.3) is 0 Å². The molecule has 27 heavy (non-hydrogen) atoms. The molecule has 0 aliphatic rings. The first-order valence-corrected chi connectivity index (χ1v) is 8.47. The molecule has 0 fully saturated rings. The Labute approximate surface area is 161 Å². The molecule has 1 heterocycles. The lowest BCUT2D eigenvalue weighted by Crippen LogP contribution is -2.20. The van der Waals surface area contributed by atoms with Gasteiger partial charge in [0.05, 0.1) is 5.56 Å². The van der Waals surface area contributed by atoms with Gasteiger partial charge in [-0.3, -0.25) is 14.6 Å². The molecule has 2 amide bonds. The summed E-state index contributed by atoms with van der Waals surface area (Å²) in [4.78, 5) is 27.9. The molecule has 0 aliphatic heterocycles. The maximum Gasteiger partial charge on any atom is 0.262 e. The highest BCUT2D eigenvalue weighted by Crippen LogP contribution is 2.16. The van der Waals surface area contributed by atoms with Gasteiger partial charge in [0, 0.05) is 28.8 Å². The molecule has 0 saturated carbocycles. The molecule has 2 aromatic carbocycles. The van der Waals surface area contributed by atoms with Gasteiger partial charge in [-0.05, 0) is 60.7 Å². The van der Waals surface area contributed by atoms with Crippen LogP contribution in [0.4, 0.5) is 11.4 Å². The standard InChI is InChI=1S/C20H16ClN3O3/c21-15-3-9-18(10-4-15)27-13-19(25)23-16-5-7-17(8-6-16)24-20(26)14-2-1-11-22-12-14/h1-12H,13H2,(H,23,25)(H,24,26). The predicted molar refractivity (Wildman–Crippen MR) is 104 cm³/mol. The van der Waals surface area contributed by atoms with Crippen molar-refractivity contribution in [2.75, 3.05) is 17.2 Å². The van der Waals surface area contributed by atoms with Crippen LogP contribution in [0, 0.1) is 0 Å². The van der Waals surface area contributed by atoms with Crippen molar-refractivity contribution in [3.63, 3.8) is 0 Å². The average molecular weight is 382 g/mol. The summed E-state index contributed by atoms with van der Waals surface area (Å²) >= 11 is 5.80. The summed E-state index contributed by atoms with van der Waals surface area (Å²) < 4.78 is 5.39. The fourth-order valence-electron chi connectivity index (χ4n) is 2.21. The Balaban J connectivity index is 1.50. The molecular formula is C20H16ClN3O3. The van der Waals surface area contributed by atoms with Crippen LogP contribution >= 0.6 is 11.6 Å². The molecular weight excluding hydrogens is 366 g/mol. The van der Waals surface area contributed by atoms with Gasteiger partial charge in [0.25, 0.3) is 11.8 Å². The molecule has 0 atom stereocenters. The number of aromatic nitrogens is 1. The van der Waals surface area contributed by atoms with Gasteiger partial charge in [0.1, 0.15) is 5.75 Å². The third kappa shape index (κ3) is 5.55. The van der Waals surface area contributed by atoms with E-state index in [9.17, 15) is 9.59 Å². The second kappa shape index (κ2) is 8.82. The Hall–Kier alpha value is -3.38. The van der Waals surface area contributed by atoms with Gasteiger partial charge in [0.2, 0.25) is 0 Å². The van der Waals surface area contributed by atoms with Crippen molar-refractivity contribution in [2.24, 2.45) is 0 Å². The van der Waals surface area contributed by atoms with E-state index >= 15 is 0 Å².